The Morgan fingerprint density at radius 1 is 1.16 bits per heavy atom. The molecule has 168 valence electrons. The van der Waals surface area contributed by atoms with E-state index in [1.165, 1.54) is 28.6 Å². The molecule has 0 bridgehead atoms. The average molecular weight is 467 g/mol. The Hall–Kier alpha value is -2.15. The zero-order valence-electron chi connectivity index (χ0n) is 17.5. The van der Waals surface area contributed by atoms with Crippen molar-refractivity contribution in [2.45, 2.75) is 50.2 Å². The van der Waals surface area contributed by atoms with Gasteiger partial charge in [0.05, 0.1) is 16.5 Å². The molecule has 1 aliphatic carbocycles. The molecular formula is C19H26N6O4S2. The lowest BCUT2D eigenvalue weighted by molar-refractivity contribution is -0.384. The van der Waals surface area contributed by atoms with E-state index in [1.54, 1.807) is 0 Å². The van der Waals surface area contributed by atoms with Crippen LogP contribution in [-0.2, 0) is 16.7 Å². The van der Waals surface area contributed by atoms with Gasteiger partial charge in [0, 0.05) is 50.3 Å². The van der Waals surface area contributed by atoms with Crippen LogP contribution in [0.5, 0.6) is 0 Å². The van der Waals surface area contributed by atoms with Crippen LogP contribution in [-0.4, -0.2) is 63.1 Å². The molecule has 0 spiro atoms. The molecule has 0 atom stereocenters. The predicted octanol–water partition coefficient (Wildman–Crippen LogP) is 2.74. The number of benzene rings is 1. The number of sulfonamides is 1. The Balaban J connectivity index is 1.43. The molecule has 2 aliphatic rings. The average Bonchev–Trinajstić information content (AvgIpc) is 3.52. The van der Waals surface area contributed by atoms with Gasteiger partial charge in [0.25, 0.3) is 5.69 Å². The molecule has 2 fully saturated rings. The van der Waals surface area contributed by atoms with Gasteiger partial charge in [-0.3, -0.25) is 15.0 Å². The van der Waals surface area contributed by atoms with Gasteiger partial charge in [-0.15, -0.1) is 0 Å². The SMILES string of the molecule is CC(C)c1nn(CN2CCN(S(=O)(=O)c3ccc([N+](=O)[O-])cc3)CC2)c(=S)n1C1CC1. The van der Waals surface area contributed by atoms with Crippen LogP contribution in [0.4, 0.5) is 5.69 Å². The lowest BCUT2D eigenvalue weighted by atomic mass is 10.2. The van der Waals surface area contributed by atoms with Gasteiger partial charge in [-0.05, 0) is 37.2 Å². The molecule has 1 aliphatic heterocycles. The molecule has 2 aromatic rings. The lowest BCUT2D eigenvalue weighted by Gasteiger charge is -2.33. The number of rotatable bonds is 7. The third-order valence-electron chi connectivity index (χ3n) is 5.68. The molecule has 2 heterocycles. The first kappa shape index (κ1) is 22.1. The molecular weight excluding hydrogens is 440 g/mol. The highest BCUT2D eigenvalue weighted by atomic mass is 32.2. The van der Waals surface area contributed by atoms with Crippen molar-refractivity contribution < 1.29 is 13.3 Å². The van der Waals surface area contributed by atoms with Crippen LogP contribution in [0.25, 0.3) is 0 Å². The molecule has 1 saturated heterocycles. The van der Waals surface area contributed by atoms with Gasteiger partial charge in [0.1, 0.15) is 5.82 Å². The monoisotopic (exact) mass is 466 g/mol. The minimum Gasteiger partial charge on any atom is -0.301 e. The van der Waals surface area contributed by atoms with Gasteiger partial charge in [0.2, 0.25) is 10.0 Å². The number of nitro benzene ring substituents is 1. The molecule has 0 amide bonds. The predicted molar refractivity (Wildman–Crippen MR) is 117 cm³/mol. The smallest absolute Gasteiger partial charge is 0.269 e. The third-order valence-corrected chi connectivity index (χ3v) is 8.00. The summed E-state index contributed by atoms with van der Waals surface area (Å²) < 4.78 is 32.0. The zero-order valence-corrected chi connectivity index (χ0v) is 19.2. The summed E-state index contributed by atoms with van der Waals surface area (Å²) in [6.07, 6.45) is 2.28. The van der Waals surface area contributed by atoms with Gasteiger partial charge >= 0.3 is 0 Å². The zero-order chi connectivity index (χ0) is 22.3. The van der Waals surface area contributed by atoms with Crippen LogP contribution in [0.3, 0.4) is 0 Å². The lowest BCUT2D eigenvalue weighted by Crippen LogP contribution is -2.48. The quantitative estimate of drug-likeness (QED) is 0.351. The Morgan fingerprint density at radius 2 is 1.77 bits per heavy atom. The third kappa shape index (κ3) is 4.43. The molecule has 12 heteroatoms. The van der Waals surface area contributed by atoms with Crippen molar-refractivity contribution in [3.8, 4) is 0 Å². The van der Waals surface area contributed by atoms with E-state index in [4.69, 9.17) is 17.3 Å². The molecule has 31 heavy (non-hydrogen) atoms. The van der Waals surface area contributed by atoms with E-state index in [9.17, 15) is 18.5 Å². The maximum atomic E-state index is 12.9. The normalized spacial score (nSPS) is 18.5. The minimum atomic E-state index is -3.69. The Kier molecular flexibility index (Phi) is 5.99. The van der Waals surface area contributed by atoms with E-state index in [0.29, 0.717) is 38.9 Å². The van der Waals surface area contributed by atoms with Crippen molar-refractivity contribution in [3.05, 3.63) is 45.0 Å². The highest BCUT2D eigenvalue weighted by Gasteiger charge is 2.31. The Labute approximate surface area is 186 Å². The number of hydrogen-bond acceptors (Lipinski definition) is 7. The van der Waals surface area contributed by atoms with Crippen molar-refractivity contribution in [3.63, 3.8) is 0 Å². The highest BCUT2D eigenvalue weighted by molar-refractivity contribution is 7.89. The number of nitrogens with zero attached hydrogens (tertiary/aromatic N) is 6. The van der Waals surface area contributed by atoms with E-state index in [0.717, 1.165) is 23.4 Å². The van der Waals surface area contributed by atoms with E-state index >= 15 is 0 Å². The fourth-order valence-electron chi connectivity index (χ4n) is 3.79. The van der Waals surface area contributed by atoms with E-state index in [-0.39, 0.29) is 16.5 Å². The summed E-state index contributed by atoms with van der Waals surface area (Å²) in [7, 11) is -3.69. The van der Waals surface area contributed by atoms with Crippen LogP contribution < -0.4 is 0 Å². The molecule has 10 nitrogen and oxygen atoms in total. The van der Waals surface area contributed by atoms with Crippen LogP contribution >= 0.6 is 12.2 Å². The highest BCUT2D eigenvalue weighted by Crippen LogP contribution is 2.37. The second-order valence-corrected chi connectivity index (χ2v) is 10.6. The topological polar surface area (TPSA) is 107 Å². The Morgan fingerprint density at radius 3 is 2.29 bits per heavy atom. The van der Waals surface area contributed by atoms with Crippen LogP contribution in [0, 0.1) is 14.9 Å². The molecule has 0 radical (unpaired) electrons. The van der Waals surface area contributed by atoms with Crippen LogP contribution in [0.15, 0.2) is 29.2 Å². The van der Waals surface area contributed by atoms with Crippen molar-refractivity contribution in [1.82, 2.24) is 23.6 Å². The summed E-state index contributed by atoms with van der Waals surface area (Å²) in [4.78, 5) is 12.5. The fraction of sp³-hybridized carbons (Fsp3) is 0.579. The second kappa shape index (κ2) is 8.41. The molecule has 1 saturated carbocycles. The number of aromatic nitrogens is 3. The summed E-state index contributed by atoms with van der Waals surface area (Å²) in [5, 5.41) is 15.5. The van der Waals surface area contributed by atoms with E-state index in [1.807, 2.05) is 4.68 Å². The largest absolute Gasteiger partial charge is 0.301 e. The number of hydrogen-bond donors (Lipinski definition) is 0. The van der Waals surface area contributed by atoms with E-state index in [2.05, 4.69) is 23.3 Å². The van der Waals surface area contributed by atoms with Crippen molar-refractivity contribution in [2.24, 2.45) is 0 Å². The first-order valence-electron chi connectivity index (χ1n) is 10.3. The van der Waals surface area contributed by atoms with Crippen LogP contribution in [0.2, 0.25) is 0 Å². The Bertz CT molecular complexity index is 1130. The van der Waals surface area contributed by atoms with Gasteiger partial charge in [-0.25, -0.2) is 13.1 Å². The molecule has 1 aromatic heterocycles. The maximum absolute atomic E-state index is 12.9. The molecule has 4 rings (SSSR count). The van der Waals surface area contributed by atoms with Crippen molar-refractivity contribution in [2.75, 3.05) is 26.2 Å². The van der Waals surface area contributed by atoms with E-state index < -0.39 is 14.9 Å². The number of nitro groups is 1. The van der Waals surface area contributed by atoms with Crippen molar-refractivity contribution in [1.29, 1.82) is 0 Å². The second-order valence-electron chi connectivity index (χ2n) is 8.31. The number of non-ortho nitro benzene ring substituents is 1. The summed E-state index contributed by atoms with van der Waals surface area (Å²) >= 11 is 5.67. The first-order chi connectivity index (χ1) is 14.7. The molecule has 1 aromatic carbocycles. The van der Waals surface area contributed by atoms with Gasteiger partial charge in [-0.2, -0.15) is 9.40 Å². The standard InChI is InChI=1S/C19H26N6O4S2/c1-14(2)18-20-23(19(30)24(18)15-3-4-15)13-21-9-11-22(12-10-21)31(28,29)17-7-5-16(6-8-17)25(26)27/h5-8,14-15H,3-4,9-13H2,1-2H3. The first-order valence-corrected chi connectivity index (χ1v) is 12.2. The molecule has 0 unspecified atom stereocenters. The summed E-state index contributed by atoms with van der Waals surface area (Å²) in [5.74, 6) is 1.29. The van der Waals surface area contributed by atoms with Crippen LogP contribution in [0.1, 0.15) is 44.5 Å². The van der Waals surface area contributed by atoms with Gasteiger partial charge in [-0.1, -0.05) is 13.8 Å². The summed E-state index contributed by atoms with van der Waals surface area (Å²) in [5.41, 5.74) is -0.132. The fourth-order valence-corrected chi connectivity index (χ4v) is 5.55. The van der Waals surface area contributed by atoms with Crippen molar-refractivity contribution >= 4 is 27.9 Å². The number of piperazine rings is 1. The van der Waals surface area contributed by atoms with Gasteiger partial charge in [0.15, 0.2) is 4.77 Å². The minimum absolute atomic E-state index is 0.0681. The summed E-state index contributed by atoms with van der Waals surface area (Å²) in [6, 6.07) is 5.47. The van der Waals surface area contributed by atoms with Gasteiger partial charge < -0.3 is 4.57 Å². The maximum Gasteiger partial charge on any atom is 0.269 e. The summed E-state index contributed by atoms with van der Waals surface area (Å²) in [6.45, 7) is 6.55. The molecule has 0 N–H and O–H groups in total.